The van der Waals surface area contributed by atoms with E-state index in [0.29, 0.717) is 22.3 Å². The lowest BCUT2D eigenvalue weighted by Crippen LogP contribution is -2.47. The Morgan fingerprint density at radius 1 is 1.50 bits per heavy atom. The van der Waals surface area contributed by atoms with Gasteiger partial charge in [-0.15, -0.1) is 0 Å². The number of likely N-dealkylation sites (N-methyl/N-ethyl adjacent to an activating group) is 1. The number of carbonyl (C=O) groups excluding carboxylic acids is 2. The number of carbonyl (C=O) groups is 2. The second kappa shape index (κ2) is 7.55. The summed E-state index contributed by atoms with van der Waals surface area (Å²) in [6, 6.07) is -0.145. The van der Waals surface area contributed by atoms with Gasteiger partial charge in [-0.05, 0) is 40.3 Å². The highest BCUT2D eigenvalue weighted by atomic mass is 32.1. The number of nitrogens with zero attached hydrogens (tertiary/aromatic N) is 2. The monoisotopic (exact) mass is 326 g/mol. The molecule has 7 nitrogen and oxygen atoms in total. The molecule has 0 spiro atoms. The molecule has 2 heterocycles. The van der Waals surface area contributed by atoms with E-state index in [1.807, 2.05) is 7.05 Å². The summed E-state index contributed by atoms with van der Waals surface area (Å²) in [5.74, 6) is -0.403. The maximum absolute atomic E-state index is 12.0. The Bertz CT molecular complexity index is 546. The average molecular weight is 326 g/mol. The first-order chi connectivity index (χ1) is 10.5. The molecule has 0 radical (unpaired) electrons. The van der Waals surface area contributed by atoms with E-state index in [2.05, 4.69) is 20.5 Å². The molecular formula is C14H22N4O3S. The number of piperidine rings is 1. The summed E-state index contributed by atoms with van der Waals surface area (Å²) >= 11 is 1.13. The normalized spacial score (nSPS) is 18.8. The number of aromatic nitrogens is 1. The van der Waals surface area contributed by atoms with E-state index in [0.717, 1.165) is 37.3 Å². The van der Waals surface area contributed by atoms with Crippen LogP contribution in [0.1, 0.15) is 35.1 Å². The van der Waals surface area contributed by atoms with Crippen molar-refractivity contribution in [1.29, 1.82) is 0 Å². The summed E-state index contributed by atoms with van der Waals surface area (Å²) < 4.78 is 4.96. The zero-order valence-electron chi connectivity index (χ0n) is 13.1. The Kier molecular flexibility index (Phi) is 5.73. The number of thiazole rings is 1. The van der Waals surface area contributed by atoms with Crippen molar-refractivity contribution < 1.29 is 14.3 Å². The molecule has 0 bridgehead atoms. The molecule has 8 heteroatoms. The van der Waals surface area contributed by atoms with Crippen LogP contribution in [0.4, 0.5) is 9.93 Å². The van der Waals surface area contributed by atoms with Gasteiger partial charge in [0.15, 0.2) is 5.13 Å². The van der Waals surface area contributed by atoms with Gasteiger partial charge in [0.25, 0.3) is 0 Å². The second-order valence-corrected chi connectivity index (χ2v) is 6.35. The van der Waals surface area contributed by atoms with Crippen LogP contribution in [-0.4, -0.2) is 54.7 Å². The molecule has 122 valence electrons. The molecule has 2 rings (SSSR count). The third-order valence-electron chi connectivity index (χ3n) is 3.44. The van der Waals surface area contributed by atoms with Crippen LogP contribution in [0, 0.1) is 6.92 Å². The van der Waals surface area contributed by atoms with Gasteiger partial charge in [-0.1, -0.05) is 11.3 Å². The van der Waals surface area contributed by atoms with Crippen molar-refractivity contribution in [2.75, 3.05) is 32.1 Å². The Morgan fingerprint density at radius 2 is 2.27 bits per heavy atom. The zero-order valence-corrected chi connectivity index (χ0v) is 14.0. The first kappa shape index (κ1) is 16.7. The summed E-state index contributed by atoms with van der Waals surface area (Å²) in [5.41, 5.74) is 0.566. The van der Waals surface area contributed by atoms with Crippen LogP contribution in [0.5, 0.6) is 0 Å². The van der Waals surface area contributed by atoms with Gasteiger partial charge in [-0.25, -0.2) is 14.6 Å². The molecule has 1 aromatic heterocycles. The first-order valence-corrected chi connectivity index (χ1v) is 8.21. The number of likely N-dealkylation sites (tertiary alicyclic amines) is 1. The third kappa shape index (κ3) is 4.41. The topological polar surface area (TPSA) is 83.6 Å². The van der Waals surface area contributed by atoms with Gasteiger partial charge in [0.05, 0.1) is 12.3 Å². The van der Waals surface area contributed by atoms with Crippen LogP contribution in [-0.2, 0) is 4.74 Å². The SMILES string of the molecule is CCOC(=O)c1sc(NC(=O)N[C@@H]2CCCN(C)C2)nc1C. The quantitative estimate of drug-likeness (QED) is 0.825. The van der Waals surface area contributed by atoms with Gasteiger partial charge < -0.3 is 15.0 Å². The number of hydrogen-bond donors (Lipinski definition) is 2. The number of urea groups is 1. The Labute approximate surface area is 134 Å². The fraction of sp³-hybridized carbons (Fsp3) is 0.643. The minimum atomic E-state index is -0.403. The fourth-order valence-corrected chi connectivity index (χ4v) is 3.29. The van der Waals surface area contributed by atoms with Crippen LogP contribution in [0.2, 0.25) is 0 Å². The molecule has 0 saturated carbocycles. The van der Waals surface area contributed by atoms with Crippen molar-refractivity contribution in [3.63, 3.8) is 0 Å². The standard InChI is InChI=1S/C14H22N4O3S/c1-4-21-12(19)11-9(2)15-14(22-11)17-13(20)16-10-6-5-7-18(3)8-10/h10H,4-8H2,1-3H3,(H2,15,16,17,20)/t10-/m1/s1. The van der Waals surface area contributed by atoms with E-state index in [1.165, 1.54) is 0 Å². The molecular weight excluding hydrogens is 304 g/mol. The van der Waals surface area contributed by atoms with Crippen molar-refractivity contribution >= 4 is 28.5 Å². The largest absolute Gasteiger partial charge is 0.462 e. The predicted octanol–water partition coefficient (Wildman–Crippen LogP) is 1.84. The number of hydrogen-bond acceptors (Lipinski definition) is 6. The van der Waals surface area contributed by atoms with Gasteiger partial charge in [0.1, 0.15) is 4.88 Å². The number of amides is 2. The van der Waals surface area contributed by atoms with Gasteiger partial charge in [0, 0.05) is 12.6 Å². The predicted molar refractivity (Wildman–Crippen MR) is 85.5 cm³/mol. The Hall–Kier alpha value is -1.67. The zero-order chi connectivity index (χ0) is 16.1. The molecule has 1 saturated heterocycles. The lowest BCUT2D eigenvalue weighted by atomic mass is 10.1. The summed E-state index contributed by atoms with van der Waals surface area (Å²) in [4.78, 5) is 30.6. The second-order valence-electron chi connectivity index (χ2n) is 5.35. The molecule has 1 aliphatic rings. The van der Waals surface area contributed by atoms with E-state index in [9.17, 15) is 9.59 Å². The number of anilines is 1. The van der Waals surface area contributed by atoms with Crippen LogP contribution in [0.3, 0.4) is 0 Å². The van der Waals surface area contributed by atoms with Crippen molar-refractivity contribution in [1.82, 2.24) is 15.2 Å². The highest BCUT2D eigenvalue weighted by Crippen LogP contribution is 2.23. The smallest absolute Gasteiger partial charge is 0.350 e. The lowest BCUT2D eigenvalue weighted by molar-refractivity contribution is 0.0531. The maximum Gasteiger partial charge on any atom is 0.350 e. The highest BCUT2D eigenvalue weighted by molar-refractivity contribution is 7.17. The van der Waals surface area contributed by atoms with Gasteiger partial charge >= 0.3 is 12.0 Å². The third-order valence-corrected chi connectivity index (χ3v) is 4.49. The number of esters is 1. The van der Waals surface area contributed by atoms with E-state index in [-0.39, 0.29) is 12.1 Å². The average Bonchev–Trinajstić information content (AvgIpc) is 2.79. The van der Waals surface area contributed by atoms with Crippen LogP contribution in [0.25, 0.3) is 0 Å². The molecule has 0 aliphatic carbocycles. The van der Waals surface area contributed by atoms with Crippen LogP contribution in [0.15, 0.2) is 0 Å². The minimum absolute atomic E-state index is 0.143. The minimum Gasteiger partial charge on any atom is -0.462 e. The van der Waals surface area contributed by atoms with Crippen LogP contribution >= 0.6 is 11.3 Å². The summed E-state index contributed by atoms with van der Waals surface area (Å²) in [6.45, 7) is 5.70. The molecule has 0 aromatic carbocycles. The molecule has 2 N–H and O–H groups in total. The molecule has 22 heavy (non-hydrogen) atoms. The molecule has 1 aromatic rings. The van der Waals surface area contributed by atoms with E-state index in [1.54, 1.807) is 13.8 Å². The van der Waals surface area contributed by atoms with E-state index in [4.69, 9.17) is 4.74 Å². The molecule has 2 amide bonds. The number of aryl methyl sites for hydroxylation is 1. The molecule has 1 fully saturated rings. The van der Waals surface area contributed by atoms with Crippen molar-refractivity contribution in [3.05, 3.63) is 10.6 Å². The maximum atomic E-state index is 12.0. The van der Waals surface area contributed by atoms with Crippen LogP contribution < -0.4 is 10.6 Å². The summed E-state index contributed by atoms with van der Waals surface area (Å²) in [6.07, 6.45) is 2.05. The summed E-state index contributed by atoms with van der Waals surface area (Å²) in [7, 11) is 2.04. The summed E-state index contributed by atoms with van der Waals surface area (Å²) in [5, 5.41) is 6.04. The van der Waals surface area contributed by atoms with Gasteiger partial charge in [0.2, 0.25) is 0 Å². The van der Waals surface area contributed by atoms with Gasteiger partial charge in [-0.3, -0.25) is 5.32 Å². The molecule has 1 atom stereocenters. The number of rotatable bonds is 4. The highest BCUT2D eigenvalue weighted by Gasteiger charge is 2.21. The van der Waals surface area contributed by atoms with Gasteiger partial charge in [-0.2, -0.15) is 0 Å². The van der Waals surface area contributed by atoms with E-state index >= 15 is 0 Å². The Morgan fingerprint density at radius 3 is 2.95 bits per heavy atom. The van der Waals surface area contributed by atoms with Crippen molar-refractivity contribution in [3.8, 4) is 0 Å². The van der Waals surface area contributed by atoms with Crippen molar-refractivity contribution in [2.45, 2.75) is 32.7 Å². The Balaban J connectivity index is 1.91. The van der Waals surface area contributed by atoms with Crippen molar-refractivity contribution in [2.24, 2.45) is 0 Å². The number of nitrogens with one attached hydrogen (secondary N) is 2. The molecule has 0 unspecified atom stereocenters. The lowest BCUT2D eigenvalue weighted by Gasteiger charge is -2.30. The number of ether oxygens (including phenoxy) is 1. The van der Waals surface area contributed by atoms with E-state index < -0.39 is 5.97 Å². The molecule has 1 aliphatic heterocycles. The fourth-order valence-electron chi connectivity index (χ4n) is 2.44. The first-order valence-electron chi connectivity index (χ1n) is 7.40.